The second-order valence-corrected chi connectivity index (χ2v) is 8.36. The molecule has 0 saturated heterocycles. The Morgan fingerprint density at radius 3 is 2.38 bits per heavy atom. The molecule has 4 N–H and O–H groups in total. The van der Waals surface area contributed by atoms with Crippen LogP contribution in [0.2, 0.25) is 0 Å². The molecular formula is C20H29N5O. The molecule has 1 heterocycles. The van der Waals surface area contributed by atoms with Gasteiger partial charge < -0.3 is 11.5 Å². The fourth-order valence-corrected chi connectivity index (χ4v) is 4.02. The van der Waals surface area contributed by atoms with Crippen LogP contribution in [0.5, 0.6) is 0 Å². The highest BCUT2D eigenvalue weighted by Gasteiger charge is 2.44. The highest BCUT2D eigenvalue weighted by Crippen LogP contribution is 2.43. The van der Waals surface area contributed by atoms with Crippen LogP contribution in [0.25, 0.3) is 0 Å². The maximum Gasteiger partial charge on any atom is 0.220 e. The molecule has 0 unspecified atom stereocenters. The second kappa shape index (κ2) is 6.41. The van der Waals surface area contributed by atoms with Gasteiger partial charge in [-0.3, -0.25) is 9.69 Å². The van der Waals surface area contributed by atoms with Gasteiger partial charge in [0.25, 0.3) is 0 Å². The number of ketones is 1. The number of benzene rings is 1. The van der Waals surface area contributed by atoms with Crippen LogP contribution in [0.3, 0.4) is 0 Å². The lowest BCUT2D eigenvalue weighted by Gasteiger charge is -2.47. The van der Waals surface area contributed by atoms with E-state index in [9.17, 15) is 4.79 Å². The van der Waals surface area contributed by atoms with Crippen LogP contribution in [0.4, 0.5) is 5.69 Å². The summed E-state index contributed by atoms with van der Waals surface area (Å²) in [5, 5.41) is 0. The van der Waals surface area contributed by atoms with Crippen molar-refractivity contribution in [3.63, 3.8) is 0 Å². The average molecular weight is 355 g/mol. The molecule has 26 heavy (non-hydrogen) atoms. The summed E-state index contributed by atoms with van der Waals surface area (Å²) in [5.74, 6) is 0.677. The number of hydrogen-bond acceptors (Lipinski definition) is 6. The van der Waals surface area contributed by atoms with Crippen LogP contribution >= 0.6 is 0 Å². The van der Waals surface area contributed by atoms with E-state index in [4.69, 9.17) is 16.5 Å². The molecule has 0 bridgehead atoms. The molecule has 6 heteroatoms. The number of hydrogen-bond donors (Lipinski definition) is 2. The van der Waals surface area contributed by atoms with Crippen LogP contribution < -0.4 is 16.4 Å². The van der Waals surface area contributed by atoms with Crippen LogP contribution in [0.15, 0.2) is 28.2 Å². The van der Waals surface area contributed by atoms with Crippen molar-refractivity contribution in [2.75, 3.05) is 4.90 Å². The number of guanidine groups is 2. The second-order valence-electron chi connectivity index (χ2n) is 8.36. The van der Waals surface area contributed by atoms with Crippen molar-refractivity contribution in [1.82, 2.24) is 0 Å². The first-order valence-electron chi connectivity index (χ1n) is 9.29. The Bertz CT molecular complexity index is 782. The van der Waals surface area contributed by atoms with Gasteiger partial charge in [-0.15, -0.1) is 0 Å². The molecule has 3 rings (SSSR count). The zero-order valence-electron chi connectivity index (χ0n) is 16.2. The highest BCUT2D eigenvalue weighted by atomic mass is 16.1. The fourth-order valence-electron chi connectivity index (χ4n) is 4.02. The molecule has 0 atom stereocenters. The predicted molar refractivity (Wildman–Crippen MR) is 107 cm³/mol. The Kier molecular flexibility index (Phi) is 4.54. The number of anilines is 1. The minimum Gasteiger partial charge on any atom is -0.369 e. The zero-order valence-corrected chi connectivity index (χ0v) is 16.2. The molecule has 0 radical (unpaired) electrons. The van der Waals surface area contributed by atoms with Gasteiger partial charge in [-0.2, -0.15) is 4.99 Å². The number of carbonyl (C=O) groups is 1. The van der Waals surface area contributed by atoms with Crippen molar-refractivity contribution < 1.29 is 4.79 Å². The minimum atomic E-state index is -0.480. The molecule has 1 spiro atoms. The van der Waals surface area contributed by atoms with Crippen LogP contribution in [-0.4, -0.2) is 23.4 Å². The van der Waals surface area contributed by atoms with Crippen molar-refractivity contribution >= 4 is 23.4 Å². The Morgan fingerprint density at radius 2 is 1.81 bits per heavy atom. The van der Waals surface area contributed by atoms with Crippen molar-refractivity contribution in [2.45, 2.75) is 70.9 Å². The van der Waals surface area contributed by atoms with Gasteiger partial charge in [-0.1, -0.05) is 27.2 Å². The summed E-state index contributed by atoms with van der Waals surface area (Å²) in [4.78, 5) is 23.0. The molecule has 1 saturated carbocycles. The SMILES string of the molecule is CC(=O)c1ccc(N2C(N)=NC(N)=NC23CCCCC3)c(C(C)(C)C)c1. The number of carbonyl (C=O) groups excluding carboxylic acids is 1. The van der Waals surface area contributed by atoms with Gasteiger partial charge in [0.05, 0.1) is 5.69 Å². The first-order chi connectivity index (χ1) is 12.1. The Hall–Kier alpha value is -2.37. The lowest BCUT2D eigenvalue weighted by molar-refractivity contribution is 0.101. The molecule has 1 aliphatic heterocycles. The number of Topliss-reactive ketones (excluding diaryl/α,β-unsaturated/α-hetero) is 1. The summed E-state index contributed by atoms with van der Waals surface area (Å²) in [6.45, 7) is 8.00. The third kappa shape index (κ3) is 3.20. The molecule has 1 aliphatic carbocycles. The monoisotopic (exact) mass is 355 g/mol. The standard InChI is InChI=1S/C20H29N5O/c1-13(26)14-8-9-16(15(12-14)19(2,3)4)25-18(22)23-17(21)24-20(25)10-6-5-7-11-20/h8-9,12H,5-7,10-11H2,1-4H3,(H4,21,22,23,24). The van der Waals surface area contributed by atoms with Gasteiger partial charge in [0, 0.05) is 5.56 Å². The van der Waals surface area contributed by atoms with Crippen molar-refractivity contribution in [2.24, 2.45) is 21.5 Å². The van der Waals surface area contributed by atoms with E-state index in [2.05, 4.69) is 25.8 Å². The van der Waals surface area contributed by atoms with Crippen molar-refractivity contribution in [3.05, 3.63) is 29.3 Å². The summed E-state index contributed by atoms with van der Waals surface area (Å²) >= 11 is 0. The van der Waals surface area contributed by atoms with E-state index in [-0.39, 0.29) is 17.2 Å². The number of nitrogens with two attached hydrogens (primary N) is 2. The largest absolute Gasteiger partial charge is 0.369 e. The Labute approximate surface area is 155 Å². The molecule has 2 aliphatic rings. The molecule has 0 aromatic heterocycles. The van der Waals surface area contributed by atoms with Gasteiger partial charge >= 0.3 is 0 Å². The quantitative estimate of drug-likeness (QED) is 0.795. The van der Waals surface area contributed by atoms with E-state index in [1.165, 1.54) is 6.42 Å². The first kappa shape index (κ1) is 18.4. The molecular weight excluding hydrogens is 326 g/mol. The van der Waals surface area contributed by atoms with Gasteiger partial charge in [-0.25, -0.2) is 4.99 Å². The maximum absolute atomic E-state index is 11.9. The summed E-state index contributed by atoms with van der Waals surface area (Å²) in [6, 6.07) is 5.81. The first-order valence-corrected chi connectivity index (χ1v) is 9.29. The van der Waals surface area contributed by atoms with Crippen LogP contribution in [-0.2, 0) is 5.41 Å². The van der Waals surface area contributed by atoms with Gasteiger partial charge in [0.1, 0.15) is 5.66 Å². The minimum absolute atomic E-state index is 0.0528. The van der Waals surface area contributed by atoms with Gasteiger partial charge in [0.2, 0.25) is 11.9 Å². The molecule has 0 amide bonds. The van der Waals surface area contributed by atoms with E-state index in [0.29, 0.717) is 11.5 Å². The smallest absolute Gasteiger partial charge is 0.220 e. The van der Waals surface area contributed by atoms with Gasteiger partial charge in [-0.05, 0) is 61.8 Å². The highest BCUT2D eigenvalue weighted by molar-refractivity contribution is 6.06. The van der Waals surface area contributed by atoms with Crippen molar-refractivity contribution in [1.29, 1.82) is 0 Å². The predicted octanol–water partition coefficient (Wildman–Crippen LogP) is 3.30. The zero-order chi connectivity index (χ0) is 19.1. The molecule has 140 valence electrons. The Morgan fingerprint density at radius 1 is 1.15 bits per heavy atom. The van der Waals surface area contributed by atoms with E-state index in [0.717, 1.165) is 36.9 Å². The molecule has 6 nitrogen and oxygen atoms in total. The molecule has 1 fully saturated rings. The number of rotatable bonds is 2. The molecule has 1 aromatic rings. The van der Waals surface area contributed by atoms with E-state index < -0.39 is 5.66 Å². The fraction of sp³-hybridized carbons (Fsp3) is 0.550. The summed E-state index contributed by atoms with van der Waals surface area (Å²) in [6.07, 6.45) is 5.13. The summed E-state index contributed by atoms with van der Waals surface area (Å²) < 4.78 is 0. The maximum atomic E-state index is 11.9. The lowest BCUT2D eigenvalue weighted by atomic mass is 9.82. The number of aliphatic imine (C=N–C) groups is 2. The van der Waals surface area contributed by atoms with E-state index in [1.807, 2.05) is 23.1 Å². The normalized spacial score (nSPS) is 19.9. The summed E-state index contributed by atoms with van der Waals surface area (Å²) in [5.41, 5.74) is 14.4. The van der Waals surface area contributed by atoms with Crippen LogP contribution in [0, 0.1) is 0 Å². The van der Waals surface area contributed by atoms with Crippen molar-refractivity contribution in [3.8, 4) is 0 Å². The average Bonchev–Trinajstić information content (AvgIpc) is 2.53. The topological polar surface area (TPSA) is 97.1 Å². The lowest BCUT2D eigenvalue weighted by Crippen LogP contribution is -2.58. The number of nitrogens with zero attached hydrogens (tertiary/aromatic N) is 3. The van der Waals surface area contributed by atoms with Crippen LogP contribution in [0.1, 0.15) is 75.7 Å². The van der Waals surface area contributed by atoms with E-state index >= 15 is 0 Å². The Balaban J connectivity index is 2.20. The molecule has 1 aromatic carbocycles. The third-order valence-electron chi connectivity index (χ3n) is 5.30. The van der Waals surface area contributed by atoms with Gasteiger partial charge in [0.15, 0.2) is 5.78 Å². The van der Waals surface area contributed by atoms with E-state index in [1.54, 1.807) is 6.92 Å². The third-order valence-corrected chi connectivity index (χ3v) is 5.30. The summed E-state index contributed by atoms with van der Waals surface area (Å²) in [7, 11) is 0.